The van der Waals surface area contributed by atoms with Gasteiger partial charge in [0.15, 0.2) is 0 Å². The summed E-state index contributed by atoms with van der Waals surface area (Å²) in [5.74, 6) is 0.581. The van der Waals surface area contributed by atoms with Crippen LogP contribution in [0.3, 0.4) is 0 Å². The van der Waals surface area contributed by atoms with Crippen molar-refractivity contribution in [2.75, 3.05) is 5.32 Å². The minimum atomic E-state index is -0.149. The molecule has 0 saturated heterocycles. The van der Waals surface area contributed by atoms with Crippen molar-refractivity contribution in [3.8, 4) is 0 Å². The predicted octanol–water partition coefficient (Wildman–Crippen LogP) is 2.23. The molecule has 18 heavy (non-hydrogen) atoms. The zero-order valence-corrected chi connectivity index (χ0v) is 10.9. The van der Waals surface area contributed by atoms with Crippen LogP contribution in [0.5, 0.6) is 0 Å². The number of nitrogens with one attached hydrogen (secondary N) is 2. The second kappa shape index (κ2) is 5.16. The van der Waals surface area contributed by atoms with E-state index in [2.05, 4.69) is 34.1 Å². The summed E-state index contributed by atoms with van der Waals surface area (Å²) in [4.78, 5) is 22.9. The van der Waals surface area contributed by atoms with Gasteiger partial charge in [0.25, 0.3) is 5.56 Å². The van der Waals surface area contributed by atoms with Gasteiger partial charge in [0.2, 0.25) is 5.95 Å². The smallest absolute Gasteiger partial charge is 0.258 e. The van der Waals surface area contributed by atoms with Crippen LogP contribution < -0.4 is 10.9 Å². The first kappa shape index (κ1) is 12.5. The topological polar surface area (TPSA) is 70.7 Å². The molecule has 5 nitrogen and oxygen atoms in total. The fourth-order valence-electron chi connectivity index (χ4n) is 1.96. The summed E-state index contributed by atoms with van der Waals surface area (Å²) in [7, 11) is 0. The van der Waals surface area contributed by atoms with Gasteiger partial charge < -0.3 is 10.3 Å². The highest BCUT2D eigenvalue weighted by atomic mass is 16.1. The quantitative estimate of drug-likeness (QED) is 0.867. The summed E-state index contributed by atoms with van der Waals surface area (Å²) in [6.07, 6.45) is 5.43. The van der Waals surface area contributed by atoms with E-state index in [-0.39, 0.29) is 5.56 Å². The van der Waals surface area contributed by atoms with Crippen molar-refractivity contribution in [2.24, 2.45) is 0 Å². The molecule has 0 amide bonds. The van der Waals surface area contributed by atoms with Crippen molar-refractivity contribution in [1.29, 1.82) is 0 Å². The van der Waals surface area contributed by atoms with Crippen molar-refractivity contribution >= 4 is 16.9 Å². The summed E-state index contributed by atoms with van der Waals surface area (Å²) in [5.41, 5.74) is 1.50. The highest BCUT2D eigenvalue weighted by Gasteiger charge is 2.07. The third-order valence-electron chi connectivity index (χ3n) is 2.92. The Hall–Kier alpha value is -1.91. The Morgan fingerprint density at radius 1 is 1.50 bits per heavy atom. The lowest BCUT2D eigenvalue weighted by atomic mass is 10.2. The SMILES string of the molecule is CCCC(C)Nc1ncc2c(=O)[nH]cc(C)c2n1. The van der Waals surface area contributed by atoms with Crippen molar-refractivity contribution in [2.45, 2.75) is 39.7 Å². The number of aromatic nitrogens is 3. The second-order valence-corrected chi connectivity index (χ2v) is 4.59. The van der Waals surface area contributed by atoms with Gasteiger partial charge in [-0.3, -0.25) is 4.79 Å². The minimum Gasteiger partial charge on any atom is -0.352 e. The van der Waals surface area contributed by atoms with Crippen LogP contribution >= 0.6 is 0 Å². The van der Waals surface area contributed by atoms with Crippen LogP contribution in [-0.4, -0.2) is 21.0 Å². The van der Waals surface area contributed by atoms with Crippen LogP contribution in [0, 0.1) is 6.92 Å². The monoisotopic (exact) mass is 246 g/mol. The first-order chi connectivity index (χ1) is 8.61. The molecular formula is C13H18N4O. The van der Waals surface area contributed by atoms with Crippen LogP contribution in [-0.2, 0) is 0 Å². The Bertz CT molecular complexity index is 605. The number of hydrogen-bond acceptors (Lipinski definition) is 4. The fraction of sp³-hybridized carbons (Fsp3) is 0.462. The average molecular weight is 246 g/mol. The van der Waals surface area contributed by atoms with E-state index < -0.39 is 0 Å². The second-order valence-electron chi connectivity index (χ2n) is 4.59. The molecule has 2 N–H and O–H groups in total. The molecule has 0 spiro atoms. The molecule has 0 aliphatic heterocycles. The highest BCUT2D eigenvalue weighted by molar-refractivity contribution is 5.80. The maximum atomic E-state index is 11.6. The molecule has 0 radical (unpaired) electrons. The number of aromatic amines is 1. The summed E-state index contributed by atoms with van der Waals surface area (Å²) < 4.78 is 0. The molecule has 1 unspecified atom stereocenters. The van der Waals surface area contributed by atoms with Crippen molar-refractivity contribution in [3.05, 3.63) is 28.3 Å². The van der Waals surface area contributed by atoms with Gasteiger partial charge in [-0.2, -0.15) is 0 Å². The number of aryl methyl sites for hydroxylation is 1. The molecule has 2 aromatic rings. The third-order valence-corrected chi connectivity index (χ3v) is 2.92. The molecule has 96 valence electrons. The number of nitrogens with zero attached hydrogens (tertiary/aromatic N) is 2. The lowest BCUT2D eigenvalue weighted by molar-refractivity contribution is 0.684. The van der Waals surface area contributed by atoms with Gasteiger partial charge in [0.05, 0.1) is 10.9 Å². The molecule has 0 aromatic carbocycles. The minimum absolute atomic E-state index is 0.149. The van der Waals surface area contributed by atoms with E-state index in [0.29, 0.717) is 22.9 Å². The molecule has 5 heteroatoms. The van der Waals surface area contributed by atoms with E-state index >= 15 is 0 Å². The van der Waals surface area contributed by atoms with E-state index in [9.17, 15) is 4.79 Å². The zero-order valence-electron chi connectivity index (χ0n) is 10.9. The number of rotatable bonds is 4. The predicted molar refractivity (Wildman–Crippen MR) is 72.9 cm³/mol. The van der Waals surface area contributed by atoms with Crippen LogP contribution in [0.2, 0.25) is 0 Å². The fourth-order valence-corrected chi connectivity index (χ4v) is 1.96. The largest absolute Gasteiger partial charge is 0.352 e. The summed E-state index contributed by atoms with van der Waals surface area (Å²) in [6, 6.07) is 0.328. The number of hydrogen-bond donors (Lipinski definition) is 2. The van der Waals surface area contributed by atoms with Gasteiger partial charge in [-0.25, -0.2) is 9.97 Å². The first-order valence-corrected chi connectivity index (χ1v) is 6.23. The molecule has 1 atom stereocenters. The lowest BCUT2D eigenvalue weighted by Gasteiger charge is -2.12. The normalized spacial score (nSPS) is 12.6. The Kier molecular flexibility index (Phi) is 3.60. The molecule has 0 bridgehead atoms. The number of H-pyrrole nitrogens is 1. The van der Waals surface area contributed by atoms with E-state index in [1.807, 2.05) is 6.92 Å². The van der Waals surface area contributed by atoms with Crippen LogP contribution in [0.25, 0.3) is 10.9 Å². The Labute approximate surface area is 106 Å². The van der Waals surface area contributed by atoms with Crippen molar-refractivity contribution in [1.82, 2.24) is 15.0 Å². The number of anilines is 1. The Balaban J connectivity index is 2.38. The standard InChI is InChI=1S/C13H18N4O/c1-4-5-9(3)16-13-15-7-10-11(17-13)8(2)6-14-12(10)18/h6-7,9H,4-5H2,1-3H3,(H,14,18)(H,15,16,17). The summed E-state index contributed by atoms with van der Waals surface area (Å²) in [6.45, 7) is 6.16. The van der Waals surface area contributed by atoms with Gasteiger partial charge in [-0.05, 0) is 25.8 Å². The molecule has 2 heterocycles. The zero-order chi connectivity index (χ0) is 13.1. The van der Waals surface area contributed by atoms with Crippen LogP contribution in [0.1, 0.15) is 32.3 Å². The summed E-state index contributed by atoms with van der Waals surface area (Å²) >= 11 is 0. The van der Waals surface area contributed by atoms with E-state index in [1.165, 1.54) is 0 Å². The van der Waals surface area contributed by atoms with Crippen LogP contribution in [0.4, 0.5) is 5.95 Å². The maximum absolute atomic E-state index is 11.6. The van der Waals surface area contributed by atoms with E-state index in [1.54, 1.807) is 12.4 Å². The van der Waals surface area contributed by atoms with Gasteiger partial charge in [-0.15, -0.1) is 0 Å². The van der Waals surface area contributed by atoms with Gasteiger partial charge in [-0.1, -0.05) is 13.3 Å². The molecule has 2 aromatic heterocycles. The molecule has 2 rings (SSSR count). The van der Waals surface area contributed by atoms with Gasteiger partial charge in [0, 0.05) is 18.4 Å². The van der Waals surface area contributed by atoms with E-state index in [0.717, 1.165) is 18.4 Å². The molecule has 0 aliphatic carbocycles. The van der Waals surface area contributed by atoms with Gasteiger partial charge >= 0.3 is 0 Å². The molecule has 0 aliphatic rings. The van der Waals surface area contributed by atoms with Crippen molar-refractivity contribution in [3.63, 3.8) is 0 Å². The highest BCUT2D eigenvalue weighted by Crippen LogP contribution is 2.13. The Morgan fingerprint density at radius 3 is 3.00 bits per heavy atom. The third kappa shape index (κ3) is 2.50. The molecule has 0 saturated carbocycles. The number of pyridine rings is 1. The average Bonchev–Trinajstić information content (AvgIpc) is 2.34. The molecular weight excluding hydrogens is 228 g/mol. The maximum Gasteiger partial charge on any atom is 0.258 e. The lowest BCUT2D eigenvalue weighted by Crippen LogP contribution is -2.17. The van der Waals surface area contributed by atoms with Gasteiger partial charge in [0.1, 0.15) is 0 Å². The molecule has 0 fully saturated rings. The van der Waals surface area contributed by atoms with Crippen LogP contribution in [0.15, 0.2) is 17.2 Å². The summed E-state index contributed by atoms with van der Waals surface area (Å²) in [5, 5.41) is 3.78. The van der Waals surface area contributed by atoms with E-state index in [4.69, 9.17) is 0 Å². The first-order valence-electron chi connectivity index (χ1n) is 6.23. The number of fused-ring (bicyclic) bond motifs is 1. The van der Waals surface area contributed by atoms with Crippen molar-refractivity contribution < 1.29 is 0 Å². The Morgan fingerprint density at radius 2 is 2.28 bits per heavy atom.